The topological polar surface area (TPSA) is 23.5 Å². The molecule has 0 bridgehead atoms. The summed E-state index contributed by atoms with van der Waals surface area (Å²) in [4.78, 5) is 2.14. The average Bonchev–Trinajstić information content (AvgIpc) is 1.97. The Labute approximate surface area is 73.5 Å². The van der Waals surface area contributed by atoms with Gasteiger partial charge in [0.05, 0.1) is 6.61 Å². The predicted molar refractivity (Wildman–Crippen MR) is 48.8 cm³/mol. The third-order valence-electron chi connectivity index (χ3n) is 1.55. The quantitative estimate of drug-likeness (QED) is 0.687. The molecule has 0 aliphatic carbocycles. The van der Waals surface area contributed by atoms with Gasteiger partial charge in [-0.05, 0) is 13.8 Å². The Balaban J connectivity index is 3.69. The molecule has 0 saturated carbocycles. The Kier molecular flexibility index (Phi) is 6.62. The first-order chi connectivity index (χ1) is 5.22. The Bertz CT molecular complexity index is 115. The van der Waals surface area contributed by atoms with E-state index in [4.69, 9.17) is 16.7 Å². The van der Waals surface area contributed by atoms with Gasteiger partial charge in [-0.3, -0.25) is 4.90 Å². The van der Waals surface area contributed by atoms with Gasteiger partial charge in [0.25, 0.3) is 0 Å². The molecule has 2 nitrogen and oxygen atoms in total. The molecule has 66 valence electrons. The molecule has 0 unspecified atom stereocenters. The number of aliphatic hydroxyl groups excluding tert-OH is 1. The van der Waals surface area contributed by atoms with E-state index < -0.39 is 0 Å². The first-order valence-corrected chi connectivity index (χ1v) is 4.26. The molecule has 0 aromatic carbocycles. The summed E-state index contributed by atoms with van der Waals surface area (Å²) in [6, 6.07) is 0.454. The highest BCUT2D eigenvalue weighted by atomic mass is 35.5. The number of hydrogen-bond donors (Lipinski definition) is 1. The van der Waals surface area contributed by atoms with E-state index in [1.54, 1.807) is 0 Å². The van der Waals surface area contributed by atoms with Gasteiger partial charge in [-0.1, -0.05) is 17.7 Å². The third kappa shape index (κ3) is 5.24. The van der Waals surface area contributed by atoms with E-state index in [0.717, 1.165) is 6.54 Å². The summed E-state index contributed by atoms with van der Waals surface area (Å²) in [5.41, 5.74) is 1.51. The van der Waals surface area contributed by atoms with Crippen LogP contribution in [0.25, 0.3) is 0 Å². The predicted octanol–water partition coefficient (Wildman–Crippen LogP) is 1.44. The lowest BCUT2D eigenvalue weighted by atomic mass is 10.3. The SMILES string of the molecule is CC(C)N(CC=CCl)CCO. The van der Waals surface area contributed by atoms with Crippen LogP contribution in [0.5, 0.6) is 0 Å². The average molecular weight is 178 g/mol. The van der Waals surface area contributed by atoms with E-state index in [1.807, 2.05) is 6.08 Å². The lowest BCUT2D eigenvalue weighted by molar-refractivity contribution is 0.180. The maximum Gasteiger partial charge on any atom is 0.0558 e. The number of halogens is 1. The van der Waals surface area contributed by atoms with Crippen LogP contribution in [0, 0.1) is 0 Å². The largest absolute Gasteiger partial charge is 0.395 e. The van der Waals surface area contributed by atoms with Crippen LogP contribution in [-0.4, -0.2) is 35.7 Å². The van der Waals surface area contributed by atoms with E-state index in [-0.39, 0.29) is 6.61 Å². The fourth-order valence-electron chi connectivity index (χ4n) is 0.864. The zero-order valence-electron chi connectivity index (χ0n) is 7.13. The molecule has 0 spiro atoms. The fraction of sp³-hybridized carbons (Fsp3) is 0.750. The van der Waals surface area contributed by atoms with Gasteiger partial charge in [0.1, 0.15) is 0 Å². The smallest absolute Gasteiger partial charge is 0.0558 e. The van der Waals surface area contributed by atoms with Gasteiger partial charge in [0.15, 0.2) is 0 Å². The summed E-state index contributed by atoms with van der Waals surface area (Å²) in [6.45, 7) is 5.91. The highest BCUT2D eigenvalue weighted by molar-refractivity contribution is 6.25. The molecule has 0 amide bonds. The molecule has 0 aromatic rings. The molecule has 0 saturated heterocycles. The molecular weight excluding hydrogens is 162 g/mol. The number of aliphatic hydroxyl groups is 1. The van der Waals surface area contributed by atoms with E-state index >= 15 is 0 Å². The fourth-order valence-corrected chi connectivity index (χ4v) is 0.944. The highest BCUT2D eigenvalue weighted by Crippen LogP contribution is 1.97. The summed E-state index contributed by atoms with van der Waals surface area (Å²) in [7, 11) is 0. The Hall–Kier alpha value is -0.0500. The highest BCUT2D eigenvalue weighted by Gasteiger charge is 2.05. The van der Waals surface area contributed by atoms with E-state index in [1.165, 1.54) is 5.54 Å². The van der Waals surface area contributed by atoms with Gasteiger partial charge in [-0.15, -0.1) is 0 Å². The second-order valence-corrected chi connectivity index (χ2v) is 2.93. The van der Waals surface area contributed by atoms with Gasteiger partial charge in [-0.2, -0.15) is 0 Å². The molecule has 0 aromatic heterocycles. The Morgan fingerprint density at radius 1 is 1.55 bits per heavy atom. The van der Waals surface area contributed by atoms with E-state index in [2.05, 4.69) is 18.7 Å². The molecule has 0 rings (SSSR count). The second-order valence-electron chi connectivity index (χ2n) is 2.67. The summed E-state index contributed by atoms with van der Waals surface area (Å²) < 4.78 is 0. The normalized spacial score (nSPS) is 12.2. The third-order valence-corrected chi connectivity index (χ3v) is 1.72. The van der Waals surface area contributed by atoms with Crippen molar-refractivity contribution < 1.29 is 5.11 Å². The van der Waals surface area contributed by atoms with Crippen LogP contribution in [0.4, 0.5) is 0 Å². The van der Waals surface area contributed by atoms with Crippen molar-refractivity contribution in [2.45, 2.75) is 19.9 Å². The zero-order valence-corrected chi connectivity index (χ0v) is 7.88. The minimum Gasteiger partial charge on any atom is -0.395 e. The van der Waals surface area contributed by atoms with Gasteiger partial charge in [-0.25, -0.2) is 0 Å². The number of nitrogens with zero attached hydrogens (tertiary/aromatic N) is 1. The summed E-state index contributed by atoms with van der Waals surface area (Å²) >= 11 is 5.38. The Morgan fingerprint density at radius 3 is 2.55 bits per heavy atom. The first kappa shape index (κ1) is 11.0. The number of rotatable bonds is 5. The van der Waals surface area contributed by atoms with Crippen molar-refractivity contribution in [1.29, 1.82) is 0 Å². The van der Waals surface area contributed by atoms with E-state index in [0.29, 0.717) is 12.6 Å². The molecule has 0 heterocycles. The van der Waals surface area contributed by atoms with Crippen molar-refractivity contribution >= 4 is 11.6 Å². The van der Waals surface area contributed by atoms with Crippen molar-refractivity contribution in [2.75, 3.05) is 19.7 Å². The van der Waals surface area contributed by atoms with Crippen LogP contribution in [0.15, 0.2) is 11.6 Å². The monoisotopic (exact) mass is 177 g/mol. The lowest BCUT2D eigenvalue weighted by Crippen LogP contribution is -2.33. The molecule has 0 radical (unpaired) electrons. The van der Waals surface area contributed by atoms with Crippen LogP contribution in [0.1, 0.15) is 13.8 Å². The maximum absolute atomic E-state index is 8.69. The standard InChI is InChI=1S/C8H16ClNO/c1-8(2)10(6-7-11)5-3-4-9/h3-4,8,11H,5-7H2,1-2H3. The van der Waals surface area contributed by atoms with Crippen molar-refractivity contribution in [2.24, 2.45) is 0 Å². The number of hydrogen-bond acceptors (Lipinski definition) is 2. The van der Waals surface area contributed by atoms with E-state index in [9.17, 15) is 0 Å². The van der Waals surface area contributed by atoms with Crippen LogP contribution in [0.3, 0.4) is 0 Å². The van der Waals surface area contributed by atoms with Gasteiger partial charge in [0, 0.05) is 24.7 Å². The summed E-state index contributed by atoms with van der Waals surface area (Å²) in [6.07, 6.45) is 1.87. The van der Waals surface area contributed by atoms with Crippen LogP contribution < -0.4 is 0 Å². The lowest BCUT2D eigenvalue weighted by Gasteiger charge is -2.23. The molecule has 1 N–H and O–H groups in total. The van der Waals surface area contributed by atoms with Crippen molar-refractivity contribution in [3.8, 4) is 0 Å². The summed E-state index contributed by atoms with van der Waals surface area (Å²) in [5, 5.41) is 8.69. The molecule has 0 atom stereocenters. The maximum atomic E-state index is 8.69. The molecular formula is C8H16ClNO. The molecule has 0 aliphatic heterocycles. The zero-order chi connectivity index (χ0) is 8.69. The first-order valence-electron chi connectivity index (χ1n) is 3.82. The van der Waals surface area contributed by atoms with Crippen LogP contribution >= 0.6 is 11.6 Å². The van der Waals surface area contributed by atoms with Gasteiger partial charge < -0.3 is 5.11 Å². The minimum atomic E-state index is 0.203. The van der Waals surface area contributed by atoms with Gasteiger partial charge >= 0.3 is 0 Å². The second kappa shape index (κ2) is 6.65. The van der Waals surface area contributed by atoms with Crippen molar-refractivity contribution in [3.05, 3.63) is 11.6 Å². The minimum absolute atomic E-state index is 0.203. The van der Waals surface area contributed by atoms with Crippen molar-refractivity contribution in [1.82, 2.24) is 4.90 Å². The van der Waals surface area contributed by atoms with Crippen LogP contribution in [0.2, 0.25) is 0 Å². The van der Waals surface area contributed by atoms with Crippen LogP contribution in [-0.2, 0) is 0 Å². The molecule has 11 heavy (non-hydrogen) atoms. The molecule has 0 fully saturated rings. The summed E-state index contributed by atoms with van der Waals surface area (Å²) in [5.74, 6) is 0. The molecule has 0 aliphatic rings. The van der Waals surface area contributed by atoms with Crippen molar-refractivity contribution in [3.63, 3.8) is 0 Å². The van der Waals surface area contributed by atoms with Gasteiger partial charge in [0.2, 0.25) is 0 Å². The Morgan fingerprint density at radius 2 is 2.18 bits per heavy atom. The molecule has 3 heteroatoms.